The maximum Gasteiger partial charge on any atom is 0.248 e. The van der Waals surface area contributed by atoms with Crippen molar-refractivity contribution in [3.63, 3.8) is 0 Å². The van der Waals surface area contributed by atoms with Gasteiger partial charge in [0.05, 0.1) is 30.8 Å². The van der Waals surface area contributed by atoms with Crippen molar-refractivity contribution in [1.29, 1.82) is 0 Å². The lowest BCUT2D eigenvalue weighted by molar-refractivity contribution is -0.149. The van der Waals surface area contributed by atoms with Crippen molar-refractivity contribution in [3.05, 3.63) is 29.8 Å². The van der Waals surface area contributed by atoms with Crippen LogP contribution in [0.1, 0.15) is 129 Å². The number of hydrogen-bond acceptors (Lipinski definition) is 17. The second kappa shape index (κ2) is 29.1. The SMILES string of the molecule is CCC(C)CC(C)CCCCCCCCC(=O)N[C@H]1C[C@@H](O)[C@@H](O)NC(=O)[C@@H]2[C@@H](O)CCN2C(=O)[C@H]([C@H](O)CC(N)=O)NC(=O)[C@H]([C@H](O)[C@H](O)c2ccc(O)cc2)NC(=O)[C@@H]2C[C@@H](O)CN2C(=O)[C@H]([C@@H](C)O)NC1=O. The third kappa shape index (κ3) is 17.8. The first-order valence-corrected chi connectivity index (χ1v) is 26.0. The molecule has 2 unspecified atom stereocenters. The molecule has 16 atom stereocenters. The zero-order valence-electron chi connectivity index (χ0n) is 43.1. The van der Waals surface area contributed by atoms with E-state index in [1.165, 1.54) is 6.42 Å². The van der Waals surface area contributed by atoms with Gasteiger partial charge in [-0.3, -0.25) is 38.4 Å². The van der Waals surface area contributed by atoms with Crippen LogP contribution < -0.4 is 32.3 Å². The lowest BCUT2D eigenvalue weighted by atomic mass is 9.91. The number of benzene rings is 1. The van der Waals surface area contributed by atoms with Crippen molar-refractivity contribution >= 4 is 47.3 Å². The van der Waals surface area contributed by atoms with Gasteiger partial charge < -0.3 is 88.1 Å². The molecule has 1 aromatic rings. The van der Waals surface area contributed by atoms with Gasteiger partial charge in [-0.25, -0.2) is 0 Å². The molecule has 4 rings (SSSR count). The summed E-state index contributed by atoms with van der Waals surface area (Å²) in [6, 6.07) is -7.37. The summed E-state index contributed by atoms with van der Waals surface area (Å²) < 4.78 is 0. The number of nitrogens with one attached hydrogen (secondary N) is 5. The van der Waals surface area contributed by atoms with Crippen LogP contribution in [0.15, 0.2) is 24.3 Å². The first kappa shape index (κ1) is 62.0. The minimum absolute atomic E-state index is 0.0795. The Kier molecular flexibility index (Phi) is 24.1. The molecule has 0 aliphatic carbocycles. The molecule has 0 radical (unpaired) electrons. The Morgan fingerprint density at radius 2 is 1.32 bits per heavy atom. The molecule has 3 fully saturated rings. The highest BCUT2D eigenvalue weighted by Gasteiger charge is 2.49. The molecule has 0 bridgehead atoms. The van der Waals surface area contributed by atoms with Gasteiger partial charge in [0.1, 0.15) is 60.3 Å². The van der Waals surface area contributed by atoms with E-state index >= 15 is 0 Å². The number of primary amides is 1. The maximum absolute atomic E-state index is 14.4. The summed E-state index contributed by atoms with van der Waals surface area (Å²) in [5, 5.41) is 110. The molecule has 0 spiro atoms. The van der Waals surface area contributed by atoms with Crippen LogP contribution in [0.5, 0.6) is 5.75 Å². The molecule has 3 heterocycles. The minimum Gasteiger partial charge on any atom is -0.508 e. The molecule has 16 N–H and O–H groups in total. The normalized spacial score (nSPS) is 29.0. The third-order valence-electron chi connectivity index (χ3n) is 14.3. The number of phenols is 1. The molecule has 25 nitrogen and oxygen atoms in total. The van der Waals surface area contributed by atoms with Crippen LogP contribution in [-0.4, -0.2) is 195 Å². The quantitative estimate of drug-likeness (QED) is 0.0568. The highest BCUT2D eigenvalue weighted by Crippen LogP contribution is 2.27. The number of nitrogens with zero attached hydrogens (tertiary/aromatic N) is 2. The predicted molar refractivity (Wildman–Crippen MR) is 265 cm³/mol. The van der Waals surface area contributed by atoms with Crippen LogP contribution in [0.4, 0.5) is 0 Å². The van der Waals surface area contributed by atoms with Gasteiger partial charge in [0.25, 0.3) is 0 Å². The Morgan fingerprint density at radius 3 is 1.95 bits per heavy atom. The molecule has 3 saturated heterocycles. The van der Waals surface area contributed by atoms with Crippen LogP contribution in [0.25, 0.3) is 0 Å². The number of nitrogens with two attached hydrogens (primary N) is 1. The van der Waals surface area contributed by atoms with Gasteiger partial charge in [0.15, 0.2) is 6.23 Å². The molecular formula is C50H80N8O17. The Morgan fingerprint density at radius 1 is 0.720 bits per heavy atom. The van der Waals surface area contributed by atoms with Crippen LogP contribution >= 0.6 is 0 Å². The zero-order chi connectivity index (χ0) is 55.8. The summed E-state index contributed by atoms with van der Waals surface area (Å²) in [6.45, 7) is 6.76. The predicted octanol–water partition coefficient (Wildman–Crippen LogP) is -3.34. The number of rotatable bonds is 20. The van der Waals surface area contributed by atoms with E-state index in [0.717, 1.165) is 74.6 Å². The third-order valence-corrected chi connectivity index (χ3v) is 14.3. The molecule has 8 amide bonds. The molecular weight excluding hydrogens is 985 g/mol. The van der Waals surface area contributed by atoms with Gasteiger partial charge in [0, 0.05) is 32.4 Å². The van der Waals surface area contributed by atoms with Crippen molar-refractivity contribution in [2.75, 3.05) is 13.1 Å². The molecule has 1 aromatic carbocycles. The maximum atomic E-state index is 14.4. The zero-order valence-corrected chi connectivity index (χ0v) is 43.1. The standard InChI is InChI=1S/C50H80N8O17/c1-5-25(2)20-26(3)12-10-8-6-7-9-11-13-37(66)52-31-22-35(64)46(71)56-48(73)41-33(62)18-19-57(41)50(75)39(34(63)23-36(51)65)54-47(72)40(43(68)42(67)28-14-16-29(60)17-15-28)55-45(70)32-21-30(61)24-58(32)49(74)38(27(4)59)53-44(31)69/h14-17,25-27,30-35,38-43,46,59-64,67-68,71H,5-13,18-24H2,1-4H3,(H2,51,65)(H,52,66)(H,53,69)(H,54,72)(H,55,70)(H,56,73)/t25?,26?,27-,30-,31+,32+,33+,34-,35-,38+,39+,40+,41+,42-,43+,46-/m1/s1. The summed E-state index contributed by atoms with van der Waals surface area (Å²) in [4.78, 5) is 112. The highest BCUT2D eigenvalue weighted by atomic mass is 16.3. The van der Waals surface area contributed by atoms with E-state index in [1.807, 2.05) is 0 Å². The number of unbranched alkanes of at least 4 members (excludes halogenated alkanes) is 5. The van der Waals surface area contributed by atoms with E-state index < -0.39 is 165 Å². The second-order valence-electron chi connectivity index (χ2n) is 20.6. The number of aliphatic hydroxyl groups is 8. The number of carbonyl (C=O) groups excluding carboxylic acids is 8. The summed E-state index contributed by atoms with van der Waals surface area (Å²) in [7, 11) is 0. The smallest absolute Gasteiger partial charge is 0.248 e. The number of carbonyl (C=O) groups is 8. The van der Waals surface area contributed by atoms with Crippen LogP contribution in [0, 0.1) is 11.8 Å². The number of aromatic hydroxyl groups is 1. The van der Waals surface area contributed by atoms with E-state index in [9.17, 15) is 84.3 Å². The largest absolute Gasteiger partial charge is 0.508 e. The van der Waals surface area contributed by atoms with Crippen molar-refractivity contribution in [2.45, 2.75) is 203 Å². The van der Waals surface area contributed by atoms with E-state index in [4.69, 9.17) is 5.73 Å². The van der Waals surface area contributed by atoms with Crippen molar-refractivity contribution in [2.24, 2.45) is 17.6 Å². The minimum atomic E-state index is -2.36. The number of hydrogen-bond donors (Lipinski definition) is 15. The van der Waals surface area contributed by atoms with Gasteiger partial charge in [0.2, 0.25) is 47.3 Å². The summed E-state index contributed by atoms with van der Waals surface area (Å²) in [5.74, 6) is -8.59. The summed E-state index contributed by atoms with van der Waals surface area (Å²) in [6.07, 6.45) is -10.2. The molecule has 0 aromatic heterocycles. The van der Waals surface area contributed by atoms with E-state index in [0.29, 0.717) is 29.6 Å². The van der Waals surface area contributed by atoms with Crippen LogP contribution in [0.2, 0.25) is 0 Å². The molecule has 3 aliphatic heterocycles. The lowest BCUT2D eigenvalue weighted by Crippen LogP contribution is -2.64. The monoisotopic (exact) mass is 1060 g/mol. The number of phenolic OH excluding ortho intramolecular Hbond substituents is 1. The van der Waals surface area contributed by atoms with Crippen molar-refractivity contribution in [3.8, 4) is 5.75 Å². The van der Waals surface area contributed by atoms with Gasteiger partial charge in [-0.05, 0) is 55.7 Å². The fraction of sp³-hybridized carbons (Fsp3) is 0.720. The Bertz CT molecular complexity index is 2100. The van der Waals surface area contributed by atoms with Crippen LogP contribution in [-0.2, 0) is 38.4 Å². The topological polar surface area (TPSA) is 411 Å². The first-order valence-electron chi connectivity index (χ1n) is 26.0. The summed E-state index contributed by atoms with van der Waals surface area (Å²) in [5.41, 5.74) is 5.21. The van der Waals surface area contributed by atoms with E-state index in [1.54, 1.807) is 0 Å². The van der Waals surface area contributed by atoms with Crippen LogP contribution in [0.3, 0.4) is 0 Å². The average molecular weight is 1070 g/mol. The molecule has 25 heteroatoms. The molecule has 3 aliphatic rings. The molecule has 75 heavy (non-hydrogen) atoms. The summed E-state index contributed by atoms with van der Waals surface area (Å²) >= 11 is 0. The van der Waals surface area contributed by atoms with Crippen molar-refractivity contribution < 1.29 is 84.3 Å². The Hall–Kier alpha value is -5.54. The molecule has 422 valence electrons. The molecule has 0 saturated carbocycles. The Balaban J connectivity index is 1.69. The lowest BCUT2D eigenvalue weighted by Gasteiger charge is -2.34. The number of aliphatic hydroxyl groups excluding tert-OH is 8. The fourth-order valence-corrected chi connectivity index (χ4v) is 9.79. The van der Waals surface area contributed by atoms with E-state index in [2.05, 4.69) is 47.4 Å². The van der Waals surface area contributed by atoms with Crippen molar-refractivity contribution in [1.82, 2.24) is 36.4 Å². The number of amides is 8. The fourth-order valence-electron chi connectivity index (χ4n) is 9.79. The first-order chi connectivity index (χ1) is 35.3. The second-order valence-corrected chi connectivity index (χ2v) is 20.6. The van der Waals surface area contributed by atoms with Gasteiger partial charge in [-0.1, -0.05) is 77.8 Å². The van der Waals surface area contributed by atoms with Gasteiger partial charge in [-0.15, -0.1) is 0 Å². The van der Waals surface area contributed by atoms with Gasteiger partial charge in [-0.2, -0.15) is 0 Å². The number of fused-ring (bicyclic) bond motifs is 2. The highest BCUT2D eigenvalue weighted by molar-refractivity contribution is 5.98. The van der Waals surface area contributed by atoms with Gasteiger partial charge >= 0.3 is 0 Å². The average Bonchev–Trinajstić information content (AvgIpc) is 3.95. The Labute approximate surface area is 436 Å². The van der Waals surface area contributed by atoms with E-state index in [-0.39, 0.29) is 24.2 Å².